The molecule has 5 nitrogen and oxygen atoms in total. The molecule has 0 aliphatic carbocycles. The topological polar surface area (TPSA) is 44.8 Å². The van der Waals surface area contributed by atoms with Crippen molar-refractivity contribution in [3.63, 3.8) is 0 Å². The predicted octanol–water partition coefficient (Wildman–Crippen LogP) is 3.41. The first kappa shape index (κ1) is 18.6. The van der Waals surface area contributed by atoms with Crippen LogP contribution in [-0.4, -0.2) is 49.8 Å². The van der Waals surface area contributed by atoms with E-state index in [0.29, 0.717) is 6.04 Å². The summed E-state index contributed by atoms with van der Waals surface area (Å²) in [6.07, 6.45) is 0.803. The maximum absolute atomic E-state index is 12.0. The number of hydrogen-bond acceptors (Lipinski definition) is 4. The van der Waals surface area contributed by atoms with Gasteiger partial charge in [0.25, 0.3) is 0 Å². The molecule has 134 valence electrons. The van der Waals surface area contributed by atoms with E-state index in [1.807, 2.05) is 33.8 Å². The number of carbonyl (C=O) groups is 1. The monoisotopic (exact) mass is 333 g/mol. The molecule has 1 aromatic carbocycles. The van der Waals surface area contributed by atoms with Crippen LogP contribution in [0.1, 0.15) is 45.7 Å². The number of benzene rings is 1. The Hall–Kier alpha value is -1.75. The second-order valence-electron chi connectivity index (χ2n) is 7.82. The highest BCUT2D eigenvalue weighted by molar-refractivity contribution is 5.68. The maximum Gasteiger partial charge on any atom is 0.408 e. The van der Waals surface area contributed by atoms with Crippen molar-refractivity contribution in [3.05, 3.63) is 29.8 Å². The summed E-state index contributed by atoms with van der Waals surface area (Å²) >= 11 is 0. The smallest absolute Gasteiger partial charge is 0.408 e. The Balaban J connectivity index is 2.01. The van der Waals surface area contributed by atoms with E-state index in [-0.39, 0.29) is 12.1 Å². The normalized spacial score (nSPS) is 19.5. The summed E-state index contributed by atoms with van der Waals surface area (Å²) in [4.78, 5) is 16.7. The number of ether oxygens (including phenoxy) is 1. The molecule has 0 radical (unpaired) electrons. The van der Waals surface area contributed by atoms with Crippen LogP contribution in [0.25, 0.3) is 0 Å². The third-order valence-electron chi connectivity index (χ3n) is 4.36. The summed E-state index contributed by atoms with van der Waals surface area (Å²) in [6.45, 7) is 9.70. The van der Waals surface area contributed by atoms with Gasteiger partial charge in [-0.25, -0.2) is 4.79 Å². The van der Waals surface area contributed by atoms with E-state index in [1.54, 1.807) is 0 Å². The van der Waals surface area contributed by atoms with Gasteiger partial charge in [-0.1, -0.05) is 12.1 Å². The summed E-state index contributed by atoms with van der Waals surface area (Å²) < 4.78 is 5.33. The third-order valence-corrected chi connectivity index (χ3v) is 4.36. The molecular weight excluding hydrogens is 302 g/mol. The second-order valence-corrected chi connectivity index (χ2v) is 7.82. The number of likely N-dealkylation sites (N-methyl/N-ethyl adjacent to an activating group) is 1. The average Bonchev–Trinajstić information content (AvgIpc) is 2.95. The Labute approximate surface area is 146 Å². The SMILES string of the molecule is CC(NC(=O)OC(C)(C)C)c1cccc(N2CCC(N(C)C)C2)c1. The zero-order valence-electron chi connectivity index (χ0n) is 15.8. The summed E-state index contributed by atoms with van der Waals surface area (Å²) in [6, 6.07) is 8.92. The highest BCUT2D eigenvalue weighted by atomic mass is 16.6. The maximum atomic E-state index is 12.0. The predicted molar refractivity (Wildman–Crippen MR) is 98.5 cm³/mol. The summed E-state index contributed by atoms with van der Waals surface area (Å²) in [7, 11) is 4.27. The van der Waals surface area contributed by atoms with Gasteiger partial charge in [0.05, 0.1) is 6.04 Å². The van der Waals surface area contributed by atoms with Gasteiger partial charge in [0.2, 0.25) is 0 Å². The van der Waals surface area contributed by atoms with Gasteiger partial charge in [-0.3, -0.25) is 0 Å². The number of nitrogens with zero attached hydrogens (tertiary/aromatic N) is 2. The molecule has 0 bridgehead atoms. The minimum Gasteiger partial charge on any atom is -0.444 e. The number of rotatable bonds is 4. The molecule has 1 aromatic rings. The van der Waals surface area contributed by atoms with Gasteiger partial charge in [-0.05, 0) is 65.9 Å². The number of anilines is 1. The molecule has 0 aromatic heterocycles. The number of amides is 1. The molecule has 1 N–H and O–H groups in total. The zero-order chi connectivity index (χ0) is 17.9. The highest BCUT2D eigenvalue weighted by Gasteiger charge is 2.24. The number of hydrogen-bond donors (Lipinski definition) is 1. The van der Waals surface area contributed by atoms with Gasteiger partial charge in [-0.15, -0.1) is 0 Å². The molecule has 24 heavy (non-hydrogen) atoms. The lowest BCUT2D eigenvalue weighted by Crippen LogP contribution is -2.34. The van der Waals surface area contributed by atoms with Gasteiger partial charge < -0.3 is 19.9 Å². The van der Waals surface area contributed by atoms with Crippen LogP contribution in [0.2, 0.25) is 0 Å². The Morgan fingerprint density at radius 1 is 1.38 bits per heavy atom. The Bertz CT molecular complexity index is 566. The molecule has 5 heteroatoms. The minimum atomic E-state index is -0.484. The molecule has 2 unspecified atom stereocenters. The van der Waals surface area contributed by atoms with E-state index < -0.39 is 5.60 Å². The minimum absolute atomic E-state index is 0.0907. The Morgan fingerprint density at radius 2 is 2.08 bits per heavy atom. The third kappa shape index (κ3) is 5.13. The van der Waals surface area contributed by atoms with Crippen LogP contribution in [0.15, 0.2) is 24.3 Å². The fourth-order valence-corrected chi connectivity index (χ4v) is 2.96. The van der Waals surface area contributed by atoms with E-state index in [4.69, 9.17) is 4.74 Å². The molecule has 1 saturated heterocycles. The lowest BCUT2D eigenvalue weighted by molar-refractivity contribution is 0.0508. The van der Waals surface area contributed by atoms with Crippen LogP contribution in [0.5, 0.6) is 0 Å². The van der Waals surface area contributed by atoms with Crippen molar-refractivity contribution in [1.29, 1.82) is 0 Å². The van der Waals surface area contributed by atoms with Crippen molar-refractivity contribution in [3.8, 4) is 0 Å². The van der Waals surface area contributed by atoms with E-state index in [2.05, 4.69) is 47.4 Å². The van der Waals surface area contributed by atoms with E-state index >= 15 is 0 Å². The number of carbonyl (C=O) groups excluding carboxylic acids is 1. The van der Waals surface area contributed by atoms with Crippen molar-refractivity contribution < 1.29 is 9.53 Å². The zero-order valence-corrected chi connectivity index (χ0v) is 15.8. The quantitative estimate of drug-likeness (QED) is 0.917. The van der Waals surface area contributed by atoms with Crippen LogP contribution in [0, 0.1) is 0 Å². The standard InChI is InChI=1S/C19H31N3O2/c1-14(20-18(23)24-19(2,3)4)15-8-7-9-16(12-15)22-11-10-17(13-22)21(5)6/h7-9,12,14,17H,10-11,13H2,1-6H3,(H,20,23). The Morgan fingerprint density at radius 3 is 2.67 bits per heavy atom. The average molecular weight is 333 g/mol. The van der Waals surface area contributed by atoms with Gasteiger partial charge in [0.1, 0.15) is 5.60 Å². The summed E-state index contributed by atoms with van der Waals surface area (Å²) in [5, 5.41) is 2.91. The molecule has 1 amide bonds. The first-order valence-corrected chi connectivity index (χ1v) is 8.66. The molecule has 0 saturated carbocycles. The van der Waals surface area contributed by atoms with Crippen LogP contribution in [0.3, 0.4) is 0 Å². The molecule has 2 atom stereocenters. The highest BCUT2D eigenvalue weighted by Crippen LogP contribution is 2.25. The van der Waals surface area contributed by atoms with Crippen LogP contribution >= 0.6 is 0 Å². The van der Waals surface area contributed by atoms with E-state index in [9.17, 15) is 4.79 Å². The molecule has 1 fully saturated rings. The lowest BCUT2D eigenvalue weighted by Gasteiger charge is -2.24. The molecule has 1 aliphatic heterocycles. The molecule has 2 rings (SSSR count). The van der Waals surface area contributed by atoms with Crippen molar-refractivity contribution in [1.82, 2.24) is 10.2 Å². The number of nitrogens with one attached hydrogen (secondary N) is 1. The van der Waals surface area contributed by atoms with Gasteiger partial charge in [-0.2, -0.15) is 0 Å². The molecule has 1 heterocycles. The largest absolute Gasteiger partial charge is 0.444 e. The van der Waals surface area contributed by atoms with Gasteiger partial charge >= 0.3 is 6.09 Å². The fourth-order valence-electron chi connectivity index (χ4n) is 2.96. The molecular formula is C19H31N3O2. The van der Waals surface area contributed by atoms with Gasteiger partial charge in [0.15, 0.2) is 0 Å². The van der Waals surface area contributed by atoms with E-state index in [1.165, 1.54) is 12.1 Å². The van der Waals surface area contributed by atoms with Crippen molar-refractivity contribution in [2.45, 2.75) is 51.8 Å². The first-order chi connectivity index (χ1) is 11.2. The fraction of sp³-hybridized carbons (Fsp3) is 0.632. The summed E-state index contributed by atoms with van der Waals surface area (Å²) in [5.74, 6) is 0. The van der Waals surface area contributed by atoms with Crippen LogP contribution < -0.4 is 10.2 Å². The second kappa shape index (κ2) is 7.43. The van der Waals surface area contributed by atoms with Crippen LogP contribution in [0.4, 0.5) is 10.5 Å². The lowest BCUT2D eigenvalue weighted by atomic mass is 10.1. The molecule has 1 aliphatic rings. The van der Waals surface area contributed by atoms with Crippen molar-refractivity contribution >= 4 is 11.8 Å². The van der Waals surface area contributed by atoms with Crippen molar-refractivity contribution in [2.24, 2.45) is 0 Å². The van der Waals surface area contributed by atoms with Crippen LogP contribution in [-0.2, 0) is 4.74 Å². The van der Waals surface area contributed by atoms with E-state index in [0.717, 1.165) is 18.7 Å². The van der Waals surface area contributed by atoms with Gasteiger partial charge in [0, 0.05) is 24.8 Å². The summed E-state index contributed by atoms with van der Waals surface area (Å²) in [5.41, 5.74) is 1.82. The van der Waals surface area contributed by atoms with Crippen molar-refractivity contribution in [2.75, 3.05) is 32.1 Å². The molecule has 0 spiro atoms. The number of alkyl carbamates (subject to hydrolysis) is 1. The Kier molecular flexibility index (Phi) is 5.75. The first-order valence-electron chi connectivity index (χ1n) is 8.66.